The van der Waals surface area contributed by atoms with E-state index in [0.717, 1.165) is 0 Å². The van der Waals surface area contributed by atoms with Gasteiger partial charge >= 0.3 is 0 Å². The number of rotatable bonds is 8. The number of amides is 1. The number of carbonyl (C=O) groups is 1. The molecule has 0 radical (unpaired) electrons. The minimum absolute atomic E-state index is 0.0111. The topological polar surface area (TPSA) is 119 Å². The number of nitro groups is 1. The van der Waals surface area contributed by atoms with E-state index in [1.807, 2.05) is 0 Å². The van der Waals surface area contributed by atoms with Crippen LogP contribution < -0.4 is 5.32 Å². The van der Waals surface area contributed by atoms with Gasteiger partial charge in [-0.2, -0.15) is 0 Å². The molecular weight excluding hydrogens is 414 g/mol. The van der Waals surface area contributed by atoms with Gasteiger partial charge in [-0.15, -0.1) is 11.3 Å². The van der Waals surface area contributed by atoms with E-state index in [0.29, 0.717) is 16.4 Å². The second kappa shape index (κ2) is 8.93. The van der Waals surface area contributed by atoms with Crippen molar-refractivity contribution in [2.75, 3.05) is 11.1 Å². The van der Waals surface area contributed by atoms with Crippen LogP contribution in [0.3, 0.4) is 0 Å². The van der Waals surface area contributed by atoms with Gasteiger partial charge in [0.15, 0.2) is 15.0 Å². The molecule has 0 atom stereocenters. The van der Waals surface area contributed by atoms with E-state index >= 15 is 0 Å². The Hall–Kier alpha value is -3.11. The van der Waals surface area contributed by atoms with Crippen molar-refractivity contribution < 1.29 is 18.1 Å². The maximum Gasteiger partial charge on any atom is 0.269 e. The first kappa shape index (κ1) is 20.6. The van der Waals surface area contributed by atoms with E-state index in [2.05, 4.69) is 10.3 Å². The van der Waals surface area contributed by atoms with Crippen LogP contribution in [-0.2, 0) is 14.6 Å². The molecule has 0 aliphatic carbocycles. The van der Waals surface area contributed by atoms with Crippen LogP contribution in [0.2, 0.25) is 0 Å². The second-order valence-electron chi connectivity index (χ2n) is 6.13. The molecule has 1 aromatic heterocycles. The summed E-state index contributed by atoms with van der Waals surface area (Å²) in [6.07, 6.45) is 0.252. The summed E-state index contributed by atoms with van der Waals surface area (Å²) in [6, 6.07) is 14.1. The van der Waals surface area contributed by atoms with Gasteiger partial charge in [-0.1, -0.05) is 18.2 Å². The number of hydrogen-bond acceptors (Lipinski definition) is 7. The molecule has 0 saturated carbocycles. The minimum atomic E-state index is -3.41. The molecule has 150 valence electrons. The molecule has 1 heterocycles. The van der Waals surface area contributed by atoms with Crippen LogP contribution in [0.25, 0.3) is 11.3 Å². The van der Waals surface area contributed by atoms with Gasteiger partial charge < -0.3 is 5.32 Å². The quantitative estimate of drug-likeness (QED) is 0.426. The average molecular weight is 431 g/mol. The van der Waals surface area contributed by atoms with E-state index < -0.39 is 14.8 Å². The van der Waals surface area contributed by atoms with Gasteiger partial charge in [0.05, 0.1) is 21.3 Å². The van der Waals surface area contributed by atoms with E-state index in [1.54, 1.807) is 35.7 Å². The molecule has 29 heavy (non-hydrogen) atoms. The molecule has 0 saturated heterocycles. The fourth-order valence-corrected chi connectivity index (χ4v) is 4.64. The van der Waals surface area contributed by atoms with Crippen LogP contribution in [0, 0.1) is 10.1 Å². The lowest BCUT2D eigenvalue weighted by atomic mass is 10.1. The Morgan fingerprint density at radius 1 is 1.10 bits per heavy atom. The third-order valence-corrected chi connectivity index (χ3v) is 6.62. The molecule has 0 unspecified atom stereocenters. The first-order valence-electron chi connectivity index (χ1n) is 8.63. The molecular formula is C19H17N3O5S2. The predicted molar refractivity (Wildman–Crippen MR) is 111 cm³/mol. The molecule has 1 amide bonds. The summed E-state index contributed by atoms with van der Waals surface area (Å²) < 4.78 is 24.4. The van der Waals surface area contributed by atoms with Gasteiger partial charge in [-0.05, 0) is 30.7 Å². The number of thiazole rings is 1. The first-order chi connectivity index (χ1) is 13.8. The highest BCUT2D eigenvalue weighted by Crippen LogP contribution is 2.26. The minimum Gasteiger partial charge on any atom is -0.302 e. The number of benzene rings is 2. The lowest BCUT2D eigenvalue weighted by Gasteiger charge is -2.04. The van der Waals surface area contributed by atoms with Gasteiger partial charge in [0.1, 0.15) is 0 Å². The monoisotopic (exact) mass is 431 g/mol. The van der Waals surface area contributed by atoms with Crippen molar-refractivity contribution in [2.45, 2.75) is 17.7 Å². The number of hydrogen-bond donors (Lipinski definition) is 1. The predicted octanol–water partition coefficient (Wildman–Crippen LogP) is 3.91. The highest BCUT2D eigenvalue weighted by atomic mass is 32.2. The molecule has 0 aliphatic heterocycles. The molecule has 0 spiro atoms. The lowest BCUT2D eigenvalue weighted by molar-refractivity contribution is -0.384. The number of nitrogens with one attached hydrogen (secondary N) is 1. The Balaban J connectivity index is 1.53. The summed E-state index contributed by atoms with van der Waals surface area (Å²) in [5, 5.41) is 15.5. The van der Waals surface area contributed by atoms with Crippen molar-refractivity contribution in [3.8, 4) is 11.3 Å². The van der Waals surface area contributed by atoms with E-state index in [-0.39, 0.29) is 35.1 Å². The molecule has 3 aromatic rings. The third kappa shape index (κ3) is 5.46. The van der Waals surface area contributed by atoms with Gasteiger partial charge in [0.2, 0.25) is 5.91 Å². The van der Waals surface area contributed by atoms with E-state index in [1.165, 1.54) is 35.6 Å². The Morgan fingerprint density at radius 2 is 1.79 bits per heavy atom. The number of aromatic nitrogens is 1. The molecule has 3 rings (SSSR count). The van der Waals surface area contributed by atoms with Crippen molar-refractivity contribution in [3.63, 3.8) is 0 Å². The Morgan fingerprint density at radius 3 is 2.45 bits per heavy atom. The number of non-ortho nitro benzene ring substituents is 1. The SMILES string of the molecule is O=C(CCCS(=O)(=O)c1ccccc1)Nc1nc(-c2ccc([N+](=O)[O-])cc2)cs1. The molecule has 0 bridgehead atoms. The largest absolute Gasteiger partial charge is 0.302 e. The van der Waals surface area contributed by atoms with Gasteiger partial charge in [-0.3, -0.25) is 14.9 Å². The Kier molecular flexibility index (Phi) is 6.35. The molecule has 1 N–H and O–H groups in total. The van der Waals surface area contributed by atoms with Gasteiger partial charge in [0, 0.05) is 29.5 Å². The molecule has 0 aliphatic rings. The molecule has 8 nitrogen and oxygen atoms in total. The van der Waals surface area contributed by atoms with Gasteiger partial charge in [-0.25, -0.2) is 13.4 Å². The van der Waals surface area contributed by atoms with Crippen LogP contribution in [0.15, 0.2) is 64.9 Å². The van der Waals surface area contributed by atoms with Crippen LogP contribution in [0.4, 0.5) is 10.8 Å². The van der Waals surface area contributed by atoms with Crippen molar-refractivity contribution in [1.82, 2.24) is 4.98 Å². The lowest BCUT2D eigenvalue weighted by Crippen LogP contribution is -2.14. The standard InChI is InChI=1S/C19H17N3O5S2/c23-18(7-4-12-29(26,27)16-5-2-1-3-6-16)21-19-20-17(13-28-19)14-8-10-15(11-9-14)22(24)25/h1-3,5-6,8-11,13H,4,7,12H2,(H,20,21,23). The second-order valence-corrected chi connectivity index (χ2v) is 9.09. The van der Waals surface area contributed by atoms with Crippen LogP contribution >= 0.6 is 11.3 Å². The maximum atomic E-state index is 12.2. The normalized spacial score (nSPS) is 11.2. The maximum absolute atomic E-state index is 12.2. The highest BCUT2D eigenvalue weighted by Gasteiger charge is 2.15. The number of nitrogens with zero attached hydrogens (tertiary/aromatic N) is 2. The summed E-state index contributed by atoms with van der Waals surface area (Å²) in [6.45, 7) is 0. The molecule has 10 heteroatoms. The highest BCUT2D eigenvalue weighted by molar-refractivity contribution is 7.91. The van der Waals surface area contributed by atoms with Crippen molar-refractivity contribution in [2.24, 2.45) is 0 Å². The Bertz CT molecular complexity index is 1110. The number of sulfone groups is 1. The fraction of sp³-hybridized carbons (Fsp3) is 0.158. The number of nitro benzene ring substituents is 1. The van der Waals surface area contributed by atoms with Crippen LogP contribution in [0.5, 0.6) is 0 Å². The van der Waals surface area contributed by atoms with Crippen molar-refractivity contribution >= 4 is 37.9 Å². The Labute approximate surface area is 171 Å². The summed E-state index contributed by atoms with van der Waals surface area (Å²) in [7, 11) is -3.41. The zero-order valence-electron chi connectivity index (χ0n) is 15.1. The zero-order valence-corrected chi connectivity index (χ0v) is 16.8. The number of carbonyl (C=O) groups excluding carboxylic acids is 1. The molecule has 0 fully saturated rings. The summed E-state index contributed by atoms with van der Waals surface area (Å²) >= 11 is 1.22. The fourth-order valence-electron chi connectivity index (χ4n) is 2.57. The molecule has 2 aromatic carbocycles. The summed E-state index contributed by atoms with van der Waals surface area (Å²) in [5.41, 5.74) is 1.27. The van der Waals surface area contributed by atoms with Crippen molar-refractivity contribution in [3.05, 3.63) is 70.1 Å². The average Bonchev–Trinajstić information content (AvgIpc) is 3.17. The summed E-state index contributed by atoms with van der Waals surface area (Å²) in [4.78, 5) is 26.9. The van der Waals surface area contributed by atoms with Crippen LogP contribution in [0.1, 0.15) is 12.8 Å². The zero-order chi connectivity index (χ0) is 20.9. The smallest absolute Gasteiger partial charge is 0.269 e. The van der Waals surface area contributed by atoms with E-state index in [4.69, 9.17) is 0 Å². The third-order valence-electron chi connectivity index (χ3n) is 4.04. The van der Waals surface area contributed by atoms with Gasteiger partial charge in [0.25, 0.3) is 5.69 Å². The summed E-state index contributed by atoms with van der Waals surface area (Å²) in [5.74, 6) is -0.436. The van der Waals surface area contributed by atoms with Crippen molar-refractivity contribution in [1.29, 1.82) is 0 Å². The first-order valence-corrected chi connectivity index (χ1v) is 11.2. The van der Waals surface area contributed by atoms with E-state index in [9.17, 15) is 23.3 Å². The van der Waals surface area contributed by atoms with Crippen LogP contribution in [-0.4, -0.2) is 30.0 Å². The number of anilines is 1.